The summed E-state index contributed by atoms with van der Waals surface area (Å²) in [4.78, 5) is 22.9. The van der Waals surface area contributed by atoms with Crippen molar-refractivity contribution in [1.29, 1.82) is 0 Å². The predicted molar refractivity (Wildman–Crippen MR) is 106 cm³/mol. The number of nitrogens with zero attached hydrogens (tertiary/aromatic N) is 3. The van der Waals surface area contributed by atoms with Crippen LogP contribution in [0.15, 0.2) is 30.6 Å². The molecule has 146 valence electrons. The number of carbonyl (C=O) groups excluding carboxylic acids is 1. The van der Waals surface area contributed by atoms with Crippen LogP contribution in [0.5, 0.6) is 0 Å². The van der Waals surface area contributed by atoms with Crippen LogP contribution in [0.2, 0.25) is 0 Å². The molecular weight excluding hydrogens is 384 g/mol. The first-order valence-electron chi connectivity index (χ1n) is 8.89. The molecule has 2 atom stereocenters. The lowest BCUT2D eigenvalue weighted by Gasteiger charge is -2.32. The van der Waals surface area contributed by atoms with Gasteiger partial charge in [0.2, 0.25) is 0 Å². The number of nitrogens with two attached hydrogens (primary N) is 1. The van der Waals surface area contributed by atoms with Crippen LogP contribution in [0.1, 0.15) is 11.4 Å². The topological polar surface area (TPSA) is 84.1 Å². The summed E-state index contributed by atoms with van der Waals surface area (Å²) < 4.78 is 28.8. The molecule has 9 heteroatoms. The number of alkyl halides is 1. The van der Waals surface area contributed by atoms with Gasteiger partial charge in [0, 0.05) is 35.8 Å². The smallest absolute Gasteiger partial charge is 0.323 e. The van der Waals surface area contributed by atoms with Gasteiger partial charge in [-0.25, -0.2) is 23.5 Å². The number of hydrogen-bond acceptors (Lipinski definition) is 5. The normalized spacial score (nSPS) is 19.8. The lowest BCUT2D eigenvalue weighted by atomic mass is 10.0. The number of hydrogen-bond donors (Lipinski definition) is 2. The summed E-state index contributed by atoms with van der Waals surface area (Å²) in [6.07, 6.45) is 2.32. The van der Waals surface area contributed by atoms with E-state index in [4.69, 9.17) is 5.73 Å². The van der Waals surface area contributed by atoms with Crippen LogP contribution < -0.4 is 11.1 Å². The Morgan fingerprint density at radius 1 is 1.36 bits per heavy atom. The number of pyridine rings is 1. The molecule has 0 saturated carbocycles. The fourth-order valence-corrected chi connectivity index (χ4v) is 3.97. The molecule has 0 unspecified atom stereocenters. The quantitative estimate of drug-likeness (QED) is 0.683. The van der Waals surface area contributed by atoms with E-state index in [0.29, 0.717) is 23.7 Å². The summed E-state index contributed by atoms with van der Waals surface area (Å²) in [7, 11) is 0. The molecule has 0 aliphatic carbocycles. The van der Waals surface area contributed by atoms with Gasteiger partial charge < -0.3 is 10.6 Å². The maximum atomic E-state index is 15.0. The van der Waals surface area contributed by atoms with Gasteiger partial charge in [-0.1, -0.05) is 12.1 Å². The van der Waals surface area contributed by atoms with Gasteiger partial charge in [-0.3, -0.25) is 5.32 Å². The maximum Gasteiger partial charge on any atom is 0.323 e. The lowest BCUT2D eigenvalue weighted by molar-refractivity contribution is 0.137. The molecule has 28 heavy (non-hydrogen) atoms. The number of aryl methyl sites for hydroxylation is 1. The number of likely N-dealkylation sites (tertiary alicyclic amines) is 1. The number of halogens is 2. The highest BCUT2D eigenvalue weighted by Crippen LogP contribution is 2.31. The molecule has 1 aliphatic rings. The number of piperidine rings is 1. The number of nitrogens with one attached hydrogen (secondary N) is 1. The molecule has 0 bridgehead atoms. The SMILES string of the molecule is Cc1ncc(-c2ccc3cnc(NC(=O)N4CC[C@H](N)[C@@H](F)C4)c(F)c3c2)s1. The van der Waals surface area contributed by atoms with Crippen LogP contribution in [0.3, 0.4) is 0 Å². The zero-order chi connectivity index (χ0) is 19.8. The Bertz CT molecular complexity index is 1040. The summed E-state index contributed by atoms with van der Waals surface area (Å²) in [5, 5.41) is 4.34. The third-order valence-electron chi connectivity index (χ3n) is 4.84. The number of rotatable bonds is 2. The standard InChI is InChI=1S/C19H19F2N5OS/c1-10-23-8-16(28-10)11-2-3-12-7-24-18(17(21)13(12)6-11)25-19(27)26-5-4-15(22)14(20)9-26/h2-3,6-8,14-15H,4-5,9,22H2,1H3,(H,24,25,27)/t14-,15-/m0/s1. The first kappa shape index (κ1) is 18.7. The highest BCUT2D eigenvalue weighted by Gasteiger charge is 2.29. The minimum absolute atomic E-state index is 0.114. The van der Waals surface area contributed by atoms with Crippen molar-refractivity contribution in [3.8, 4) is 10.4 Å². The third-order valence-corrected chi connectivity index (χ3v) is 5.80. The van der Waals surface area contributed by atoms with Crippen LogP contribution in [0, 0.1) is 12.7 Å². The zero-order valence-electron chi connectivity index (χ0n) is 15.2. The molecule has 0 radical (unpaired) electrons. The molecule has 1 fully saturated rings. The molecule has 0 spiro atoms. The van der Waals surface area contributed by atoms with Crippen LogP contribution in [0.25, 0.3) is 21.2 Å². The molecule has 3 N–H and O–H groups in total. The fourth-order valence-electron chi connectivity index (χ4n) is 3.20. The molecule has 6 nitrogen and oxygen atoms in total. The second kappa shape index (κ2) is 7.40. The summed E-state index contributed by atoms with van der Waals surface area (Å²) in [6.45, 7) is 2.11. The third kappa shape index (κ3) is 3.55. The van der Waals surface area contributed by atoms with Gasteiger partial charge in [0.15, 0.2) is 11.6 Å². The van der Waals surface area contributed by atoms with E-state index in [2.05, 4.69) is 15.3 Å². The van der Waals surface area contributed by atoms with Gasteiger partial charge in [0.25, 0.3) is 0 Å². The van der Waals surface area contributed by atoms with Gasteiger partial charge in [-0.2, -0.15) is 0 Å². The second-order valence-corrected chi connectivity index (χ2v) is 8.05. The Morgan fingerprint density at radius 3 is 2.89 bits per heavy atom. The van der Waals surface area contributed by atoms with Crippen LogP contribution in [0.4, 0.5) is 19.4 Å². The number of fused-ring (bicyclic) bond motifs is 1. The summed E-state index contributed by atoms with van der Waals surface area (Å²) in [5.74, 6) is -0.806. The van der Waals surface area contributed by atoms with Gasteiger partial charge in [0.1, 0.15) is 6.17 Å². The minimum atomic E-state index is -1.29. The van der Waals surface area contributed by atoms with E-state index in [0.717, 1.165) is 15.4 Å². The van der Waals surface area contributed by atoms with E-state index in [-0.39, 0.29) is 12.4 Å². The van der Waals surface area contributed by atoms with E-state index < -0.39 is 24.1 Å². The maximum absolute atomic E-state index is 15.0. The minimum Gasteiger partial charge on any atom is -0.325 e. The average molecular weight is 403 g/mol. The summed E-state index contributed by atoms with van der Waals surface area (Å²) >= 11 is 1.52. The Labute approximate surface area is 164 Å². The number of benzene rings is 1. The van der Waals surface area contributed by atoms with Crippen LogP contribution in [-0.2, 0) is 0 Å². The van der Waals surface area contributed by atoms with Crippen LogP contribution in [-0.4, -0.2) is 46.2 Å². The molecule has 1 saturated heterocycles. The van der Waals surface area contributed by atoms with Crippen LogP contribution >= 0.6 is 11.3 Å². The summed E-state index contributed by atoms with van der Waals surface area (Å²) in [6, 6.07) is 4.21. The van der Waals surface area contributed by atoms with Gasteiger partial charge in [-0.15, -0.1) is 11.3 Å². The van der Waals surface area contributed by atoms with E-state index in [9.17, 15) is 9.18 Å². The van der Waals surface area contributed by atoms with Crippen molar-refractivity contribution >= 4 is 34.0 Å². The molecule has 1 aliphatic heterocycles. The lowest BCUT2D eigenvalue weighted by Crippen LogP contribution is -2.51. The fraction of sp³-hybridized carbons (Fsp3) is 0.316. The zero-order valence-corrected chi connectivity index (χ0v) is 16.0. The molecule has 1 aromatic carbocycles. The molecule has 2 aromatic heterocycles. The van der Waals surface area contributed by atoms with Crippen molar-refractivity contribution in [3.63, 3.8) is 0 Å². The molecule has 2 amide bonds. The molecule has 3 aromatic rings. The van der Waals surface area contributed by atoms with E-state index in [1.54, 1.807) is 18.3 Å². The number of anilines is 1. The first-order valence-corrected chi connectivity index (χ1v) is 9.70. The monoisotopic (exact) mass is 403 g/mol. The highest BCUT2D eigenvalue weighted by atomic mass is 32.1. The number of urea groups is 1. The van der Waals surface area contributed by atoms with Gasteiger partial charge in [-0.05, 0) is 25.0 Å². The van der Waals surface area contributed by atoms with Crippen molar-refractivity contribution in [2.45, 2.75) is 25.6 Å². The van der Waals surface area contributed by atoms with E-state index >= 15 is 4.39 Å². The number of carbonyl (C=O) groups is 1. The Hall–Kier alpha value is -2.65. The van der Waals surface area contributed by atoms with Crippen molar-refractivity contribution in [1.82, 2.24) is 14.9 Å². The van der Waals surface area contributed by atoms with E-state index in [1.807, 2.05) is 13.0 Å². The molecule has 3 heterocycles. The van der Waals surface area contributed by atoms with Gasteiger partial charge in [0.05, 0.1) is 16.4 Å². The van der Waals surface area contributed by atoms with Gasteiger partial charge >= 0.3 is 6.03 Å². The predicted octanol–water partition coefficient (Wildman–Crippen LogP) is 3.71. The second-order valence-electron chi connectivity index (χ2n) is 6.81. The van der Waals surface area contributed by atoms with Crippen molar-refractivity contribution in [2.75, 3.05) is 18.4 Å². The first-order chi connectivity index (χ1) is 13.4. The Balaban J connectivity index is 1.61. The number of thiazole rings is 1. The highest BCUT2D eigenvalue weighted by molar-refractivity contribution is 7.15. The number of aromatic nitrogens is 2. The van der Waals surface area contributed by atoms with Crippen molar-refractivity contribution in [3.05, 3.63) is 41.4 Å². The Morgan fingerprint density at radius 2 is 2.18 bits per heavy atom. The number of amides is 2. The Kier molecular flexibility index (Phi) is 4.94. The molecule has 4 rings (SSSR count). The molecular formula is C19H19F2N5OS. The average Bonchev–Trinajstić information content (AvgIpc) is 3.12. The summed E-state index contributed by atoms with van der Waals surface area (Å²) in [5.41, 5.74) is 6.47. The van der Waals surface area contributed by atoms with Crippen molar-refractivity contribution < 1.29 is 13.6 Å². The van der Waals surface area contributed by atoms with E-state index in [1.165, 1.54) is 22.4 Å². The van der Waals surface area contributed by atoms with Crippen molar-refractivity contribution in [2.24, 2.45) is 5.73 Å². The largest absolute Gasteiger partial charge is 0.325 e.